The van der Waals surface area contributed by atoms with Gasteiger partial charge >= 0.3 is 0 Å². The average molecular weight is 245 g/mol. The van der Waals surface area contributed by atoms with Gasteiger partial charge in [-0.1, -0.05) is 0 Å². The molecule has 94 valence electrons. The molecule has 0 aromatic carbocycles. The number of aryl methyl sites for hydroxylation is 1. The van der Waals surface area contributed by atoms with Gasteiger partial charge in [0.15, 0.2) is 5.82 Å². The van der Waals surface area contributed by atoms with E-state index < -0.39 is 0 Å². The SMILES string of the molecule is COc1cc(-c2ncc([C@@H](C)N)c(C)n2)ncn1. The molecule has 6 nitrogen and oxygen atoms in total. The van der Waals surface area contributed by atoms with Gasteiger partial charge in [-0.2, -0.15) is 0 Å². The fraction of sp³-hybridized carbons (Fsp3) is 0.333. The molecule has 18 heavy (non-hydrogen) atoms. The van der Waals surface area contributed by atoms with E-state index in [1.165, 1.54) is 6.33 Å². The maximum Gasteiger partial charge on any atom is 0.216 e. The van der Waals surface area contributed by atoms with Gasteiger partial charge in [-0.3, -0.25) is 0 Å². The third kappa shape index (κ3) is 2.43. The van der Waals surface area contributed by atoms with Crippen LogP contribution in [0.1, 0.15) is 24.2 Å². The summed E-state index contributed by atoms with van der Waals surface area (Å²) in [5, 5.41) is 0. The van der Waals surface area contributed by atoms with Gasteiger partial charge in [-0.25, -0.2) is 19.9 Å². The summed E-state index contributed by atoms with van der Waals surface area (Å²) in [6.07, 6.45) is 3.16. The zero-order valence-corrected chi connectivity index (χ0v) is 10.6. The fourth-order valence-corrected chi connectivity index (χ4v) is 1.62. The number of ether oxygens (including phenoxy) is 1. The lowest BCUT2D eigenvalue weighted by Crippen LogP contribution is -2.09. The summed E-state index contributed by atoms with van der Waals surface area (Å²) >= 11 is 0. The zero-order valence-electron chi connectivity index (χ0n) is 10.6. The van der Waals surface area contributed by atoms with Gasteiger partial charge in [0.1, 0.15) is 12.0 Å². The Balaban J connectivity index is 2.42. The van der Waals surface area contributed by atoms with E-state index in [0.717, 1.165) is 11.3 Å². The van der Waals surface area contributed by atoms with Gasteiger partial charge in [0, 0.05) is 29.6 Å². The zero-order chi connectivity index (χ0) is 13.1. The summed E-state index contributed by atoms with van der Waals surface area (Å²) in [4.78, 5) is 16.7. The van der Waals surface area contributed by atoms with Crippen molar-refractivity contribution in [3.63, 3.8) is 0 Å². The van der Waals surface area contributed by atoms with Crippen LogP contribution in [0.2, 0.25) is 0 Å². The topological polar surface area (TPSA) is 86.8 Å². The van der Waals surface area contributed by atoms with E-state index in [-0.39, 0.29) is 6.04 Å². The van der Waals surface area contributed by atoms with Gasteiger partial charge < -0.3 is 10.5 Å². The lowest BCUT2D eigenvalue weighted by atomic mass is 10.1. The maximum atomic E-state index is 5.82. The van der Waals surface area contributed by atoms with E-state index in [1.807, 2.05) is 13.8 Å². The smallest absolute Gasteiger partial charge is 0.216 e. The van der Waals surface area contributed by atoms with Gasteiger partial charge in [-0.05, 0) is 13.8 Å². The average Bonchev–Trinajstić information content (AvgIpc) is 2.38. The van der Waals surface area contributed by atoms with Crippen molar-refractivity contribution in [3.05, 3.63) is 29.8 Å². The minimum absolute atomic E-state index is 0.0843. The first kappa shape index (κ1) is 12.4. The Morgan fingerprint density at radius 2 is 2.06 bits per heavy atom. The van der Waals surface area contributed by atoms with Gasteiger partial charge in [0.05, 0.1) is 7.11 Å². The molecule has 0 radical (unpaired) electrons. The second-order valence-corrected chi connectivity index (χ2v) is 3.97. The van der Waals surface area contributed by atoms with E-state index in [4.69, 9.17) is 10.5 Å². The largest absolute Gasteiger partial charge is 0.481 e. The molecule has 0 saturated heterocycles. The van der Waals surface area contributed by atoms with E-state index in [0.29, 0.717) is 17.4 Å². The van der Waals surface area contributed by atoms with Gasteiger partial charge in [0.2, 0.25) is 5.88 Å². The molecule has 0 aliphatic heterocycles. The van der Waals surface area contributed by atoms with Crippen LogP contribution in [0.25, 0.3) is 11.5 Å². The second-order valence-electron chi connectivity index (χ2n) is 3.97. The molecule has 6 heteroatoms. The van der Waals surface area contributed by atoms with Crippen molar-refractivity contribution in [1.29, 1.82) is 0 Å². The highest BCUT2D eigenvalue weighted by Crippen LogP contribution is 2.19. The number of rotatable bonds is 3. The second kappa shape index (κ2) is 5.05. The Morgan fingerprint density at radius 3 is 2.67 bits per heavy atom. The van der Waals surface area contributed by atoms with Crippen molar-refractivity contribution in [2.24, 2.45) is 5.73 Å². The molecule has 0 unspecified atom stereocenters. The third-order valence-electron chi connectivity index (χ3n) is 2.59. The molecule has 2 heterocycles. The molecule has 2 rings (SSSR count). The maximum absolute atomic E-state index is 5.82. The number of nitrogens with two attached hydrogens (primary N) is 1. The predicted molar refractivity (Wildman–Crippen MR) is 66.9 cm³/mol. The van der Waals surface area contributed by atoms with E-state index in [2.05, 4.69) is 19.9 Å². The molecule has 0 bridgehead atoms. The van der Waals surface area contributed by atoms with Crippen LogP contribution in [-0.2, 0) is 0 Å². The van der Waals surface area contributed by atoms with E-state index in [9.17, 15) is 0 Å². The standard InChI is InChI=1S/C12H15N5O/c1-7(13)9-5-14-12(17-8(9)2)10-4-11(18-3)16-6-15-10/h4-7H,13H2,1-3H3/t7-/m1/s1. The van der Waals surface area contributed by atoms with E-state index in [1.54, 1.807) is 19.4 Å². The van der Waals surface area contributed by atoms with Crippen LogP contribution >= 0.6 is 0 Å². The minimum Gasteiger partial charge on any atom is -0.481 e. The first-order valence-electron chi connectivity index (χ1n) is 5.57. The Morgan fingerprint density at radius 1 is 1.28 bits per heavy atom. The summed E-state index contributed by atoms with van der Waals surface area (Å²) in [5.74, 6) is 1.02. The lowest BCUT2D eigenvalue weighted by Gasteiger charge is -2.09. The minimum atomic E-state index is -0.0843. The van der Waals surface area contributed by atoms with Crippen molar-refractivity contribution in [1.82, 2.24) is 19.9 Å². The van der Waals surface area contributed by atoms with Gasteiger partial charge in [-0.15, -0.1) is 0 Å². The Hall–Kier alpha value is -2.08. The molecule has 2 aromatic heterocycles. The molecule has 0 aliphatic rings. The van der Waals surface area contributed by atoms with Crippen molar-refractivity contribution < 1.29 is 4.74 Å². The van der Waals surface area contributed by atoms with Crippen molar-refractivity contribution in [2.75, 3.05) is 7.11 Å². The molecule has 0 saturated carbocycles. The molecule has 1 atom stereocenters. The van der Waals surface area contributed by atoms with Crippen molar-refractivity contribution >= 4 is 0 Å². The molecule has 0 fully saturated rings. The normalized spacial score (nSPS) is 12.2. The van der Waals surface area contributed by atoms with E-state index >= 15 is 0 Å². The molecular weight excluding hydrogens is 230 g/mol. The summed E-state index contributed by atoms with van der Waals surface area (Å²) < 4.78 is 5.04. The summed E-state index contributed by atoms with van der Waals surface area (Å²) in [6, 6.07) is 1.61. The first-order valence-corrected chi connectivity index (χ1v) is 5.57. The number of aromatic nitrogens is 4. The molecule has 0 amide bonds. The molecular formula is C12H15N5O. The van der Waals surface area contributed by atoms with Crippen LogP contribution in [0.5, 0.6) is 5.88 Å². The Bertz CT molecular complexity index is 556. The highest BCUT2D eigenvalue weighted by atomic mass is 16.5. The lowest BCUT2D eigenvalue weighted by molar-refractivity contribution is 0.397. The van der Waals surface area contributed by atoms with Crippen LogP contribution in [0, 0.1) is 6.92 Å². The summed E-state index contributed by atoms with van der Waals surface area (Å²) in [7, 11) is 1.55. The van der Waals surface area contributed by atoms with Crippen molar-refractivity contribution in [2.45, 2.75) is 19.9 Å². The van der Waals surface area contributed by atoms with Crippen LogP contribution in [0.4, 0.5) is 0 Å². The number of hydrogen-bond donors (Lipinski definition) is 1. The molecule has 0 spiro atoms. The summed E-state index contributed by atoms with van der Waals surface area (Å²) in [6.45, 7) is 3.81. The van der Waals surface area contributed by atoms with Crippen LogP contribution in [-0.4, -0.2) is 27.0 Å². The van der Waals surface area contributed by atoms with Crippen LogP contribution in [0.15, 0.2) is 18.6 Å². The molecule has 0 aliphatic carbocycles. The Kier molecular flexibility index (Phi) is 3.47. The summed E-state index contributed by atoms with van der Waals surface area (Å²) in [5.41, 5.74) is 8.23. The van der Waals surface area contributed by atoms with Crippen molar-refractivity contribution in [3.8, 4) is 17.4 Å². The first-order chi connectivity index (χ1) is 8.61. The number of methoxy groups -OCH3 is 1. The van der Waals surface area contributed by atoms with Crippen LogP contribution < -0.4 is 10.5 Å². The van der Waals surface area contributed by atoms with Crippen LogP contribution in [0.3, 0.4) is 0 Å². The quantitative estimate of drug-likeness (QED) is 0.876. The Labute approximate surface area is 105 Å². The highest BCUT2D eigenvalue weighted by molar-refractivity contribution is 5.50. The number of nitrogens with zero attached hydrogens (tertiary/aromatic N) is 4. The highest BCUT2D eigenvalue weighted by Gasteiger charge is 2.10. The molecule has 2 aromatic rings. The predicted octanol–water partition coefficient (Wildman–Crippen LogP) is 1.27. The number of hydrogen-bond acceptors (Lipinski definition) is 6. The fourth-order valence-electron chi connectivity index (χ4n) is 1.62. The molecule has 2 N–H and O–H groups in total. The third-order valence-corrected chi connectivity index (χ3v) is 2.59. The monoisotopic (exact) mass is 245 g/mol. The van der Waals surface area contributed by atoms with Gasteiger partial charge in [0.25, 0.3) is 0 Å².